The van der Waals surface area contributed by atoms with Crippen LogP contribution in [0.4, 0.5) is 5.95 Å². The Labute approximate surface area is 166 Å². The van der Waals surface area contributed by atoms with Crippen molar-refractivity contribution in [1.82, 2.24) is 20.2 Å². The molecule has 10 heteroatoms. The zero-order chi connectivity index (χ0) is 19.9. The number of ether oxygens (including phenoxy) is 1. The normalized spacial score (nSPS) is 17.6. The number of thioether (sulfide) groups is 1. The van der Waals surface area contributed by atoms with Crippen molar-refractivity contribution < 1.29 is 14.3 Å². The summed E-state index contributed by atoms with van der Waals surface area (Å²) in [4.78, 5) is 33.6. The number of hydrogen-bond acceptors (Lipinski definition) is 9. The Morgan fingerprint density at radius 2 is 2.39 bits per heavy atom. The van der Waals surface area contributed by atoms with Gasteiger partial charge < -0.3 is 20.3 Å². The van der Waals surface area contributed by atoms with Gasteiger partial charge in [-0.3, -0.25) is 4.79 Å². The van der Waals surface area contributed by atoms with Gasteiger partial charge in [-0.1, -0.05) is 11.8 Å². The second-order valence-corrected chi connectivity index (χ2v) is 6.99. The first-order chi connectivity index (χ1) is 13.6. The molecule has 28 heavy (non-hydrogen) atoms. The van der Waals surface area contributed by atoms with Crippen LogP contribution in [0.3, 0.4) is 0 Å². The van der Waals surface area contributed by atoms with Gasteiger partial charge in [0, 0.05) is 37.7 Å². The number of esters is 1. The summed E-state index contributed by atoms with van der Waals surface area (Å²) in [7, 11) is 1.30. The number of anilines is 1. The fourth-order valence-corrected chi connectivity index (χ4v) is 3.68. The maximum atomic E-state index is 11.6. The molecule has 2 aliphatic heterocycles. The highest BCUT2D eigenvalue weighted by Gasteiger charge is 2.22. The van der Waals surface area contributed by atoms with Gasteiger partial charge in [0.25, 0.3) is 0 Å². The van der Waals surface area contributed by atoms with E-state index in [1.165, 1.54) is 18.9 Å². The molecule has 0 atom stereocenters. The molecule has 1 amide bonds. The van der Waals surface area contributed by atoms with Crippen LogP contribution in [0.25, 0.3) is 5.57 Å². The van der Waals surface area contributed by atoms with E-state index in [1.807, 2.05) is 4.90 Å². The predicted octanol–water partition coefficient (Wildman–Crippen LogP) is 1.44. The Balaban J connectivity index is 1.60. The van der Waals surface area contributed by atoms with Gasteiger partial charge in [-0.25, -0.2) is 14.8 Å². The van der Waals surface area contributed by atoms with Crippen LogP contribution in [0, 0.1) is 11.3 Å². The van der Waals surface area contributed by atoms with Crippen LogP contribution >= 0.6 is 11.8 Å². The zero-order valence-electron chi connectivity index (χ0n) is 15.4. The van der Waals surface area contributed by atoms with Crippen LogP contribution in [0.1, 0.15) is 25.0 Å². The van der Waals surface area contributed by atoms with Crippen molar-refractivity contribution in [1.29, 1.82) is 5.26 Å². The fraction of sp³-hybridized carbons (Fsp3) is 0.389. The summed E-state index contributed by atoms with van der Waals surface area (Å²) in [6.07, 6.45) is 3.93. The first kappa shape index (κ1) is 19.7. The first-order valence-electron chi connectivity index (χ1n) is 8.84. The van der Waals surface area contributed by atoms with E-state index >= 15 is 0 Å². The number of carbonyl (C=O) groups excluding carboxylic acids is 2. The van der Waals surface area contributed by atoms with Crippen LogP contribution < -0.4 is 10.6 Å². The molecule has 0 bridgehead atoms. The minimum atomic E-state index is -0.499. The van der Waals surface area contributed by atoms with Gasteiger partial charge in [-0.05, 0) is 18.9 Å². The number of nitriles is 1. The Bertz CT molecular complexity index is 876. The van der Waals surface area contributed by atoms with Gasteiger partial charge in [0.15, 0.2) is 0 Å². The van der Waals surface area contributed by atoms with Gasteiger partial charge in [0.05, 0.1) is 17.8 Å². The van der Waals surface area contributed by atoms with Crippen LogP contribution in [0.5, 0.6) is 0 Å². The summed E-state index contributed by atoms with van der Waals surface area (Å²) in [6.45, 7) is 2.16. The molecule has 1 aromatic heterocycles. The molecule has 0 saturated carbocycles. The highest BCUT2D eigenvalue weighted by Crippen LogP contribution is 2.31. The van der Waals surface area contributed by atoms with E-state index in [0.29, 0.717) is 41.8 Å². The van der Waals surface area contributed by atoms with E-state index in [0.717, 1.165) is 19.4 Å². The van der Waals surface area contributed by atoms with Gasteiger partial charge >= 0.3 is 5.97 Å². The Hall–Kier alpha value is -3.06. The highest BCUT2D eigenvalue weighted by molar-refractivity contribution is 8.06. The molecule has 0 radical (unpaired) electrons. The first-order valence-corrected chi connectivity index (χ1v) is 9.72. The Morgan fingerprint density at radius 3 is 3.11 bits per heavy atom. The summed E-state index contributed by atoms with van der Waals surface area (Å²) in [6, 6.07) is 3.76. The summed E-state index contributed by atoms with van der Waals surface area (Å²) < 4.78 is 4.67. The second kappa shape index (κ2) is 9.23. The van der Waals surface area contributed by atoms with E-state index in [2.05, 4.69) is 31.4 Å². The summed E-state index contributed by atoms with van der Waals surface area (Å²) in [5, 5.41) is 17.7. The Kier molecular flexibility index (Phi) is 6.49. The smallest absolute Gasteiger partial charge is 0.355 e. The number of nitrogens with zero attached hydrogens (tertiary/aromatic N) is 4. The predicted molar refractivity (Wildman–Crippen MR) is 104 cm³/mol. The van der Waals surface area contributed by atoms with Crippen molar-refractivity contribution in [2.45, 2.75) is 19.3 Å². The topological polar surface area (TPSA) is 120 Å². The van der Waals surface area contributed by atoms with E-state index in [-0.39, 0.29) is 11.6 Å². The number of nitrogens with one attached hydrogen (secondary N) is 2. The average Bonchev–Trinajstić information content (AvgIpc) is 3.35. The number of likely N-dealkylation sites (tertiary alicyclic amines) is 1. The molecule has 0 aliphatic carbocycles. The largest absolute Gasteiger partial charge is 0.464 e. The molecule has 2 aliphatic rings. The zero-order valence-corrected chi connectivity index (χ0v) is 16.2. The molecule has 0 unspecified atom stereocenters. The van der Waals surface area contributed by atoms with E-state index in [1.54, 1.807) is 17.7 Å². The maximum absolute atomic E-state index is 11.6. The van der Waals surface area contributed by atoms with E-state index in [4.69, 9.17) is 0 Å². The van der Waals surface area contributed by atoms with Gasteiger partial charge in [-0.2, -0.15) is 5.26 Å². The molecule has 1 saturated heterocycles. The lowest BCUT2D eigenvalue weighted by molar-refractivity contribution is -0.136. The van der Waals surface area contributed by atoms with E-state index < -0.39 is 5.97 Å². The van der Waals surface area contributed by atoms with Crippen LogP contribution in [0.2, 0.25) is 0 Å². The summed E-state index contributed by atoms with van der Waals surface area (Å²) in [5.74, 6) is 0.120. The lowest BCUT2D eigenvalue weighted by Crippen LogP contribution is -2.27. The van der Waals surface area contributed by atoms with Crippen molar-refractivity contribution in [3.63, 3.8) is 0 Å². The fourth-order valence-electron chi connectivity index (χ4n) is 2.85. The molecule has 0 spiro atoms. The van der Waals surface area contributed by atoms with E-state index in [9.17, 15) is 14.9 Å². The molecule has 9 nitrogen and oxygen atoms in total. The number of carbonyl (C=O) groups is 2. The third-order valence-corrected chi connectivity index (χ3v) is 5.15. The molecule has 1 aromatic rings. The Morgan fingerprint density at radius 1 is 1.54 bits per heavy atom. The number of amides is 1. The highest BCUT2D eigenvalue weighted by atomic mass is 32.2. The lowest BCUT2D eigenvalue weighted by Gasteiger charge is -2.15. The third kappa shape index (κ3) is 4.61. The monoisotopic (exact) mass is 400 g/mol. The summed E-state index contributed by atoms with van der Waals surface area (Å²) >= 11 is 1.23. The minimum absolute atomic E-state index is 0.213. The molecule has 3 heterocycles. The van der Waals surface area contributed by atoms with Crippen molar-refractivity contribution >= 4 is 35.2 Å². The number of aromatic nitrogens is 2. The molecular weight excluding hydrogens is 380 g/mol. The quantitative estimate of drug-likeness (QED) is 0.398. The van der Waals surface area contributed by atoms with Crippen LogP contribution in [0.15, 0.2) is 28.4 Å². The number of methoxy groups -OCH3 is 1. The number of rotatable bonds is 7. The molecule has 3 rings (SSSR count). The van der Waals surface area contributed by atoms with Crippen molar-refractivity contribution in [2.24, 2.45) is 0 Å². The third-order valence-electron chi connectivity index (χ3n) is 4.26. The molecular formula is C18H20N6O3S. The number of allylic oxidation sites excluding steroid dienone is 1. The lowest BCUT2D eigenvalue weighted by atomic mass is 10.2. The molecule has 2 N–H and O–H groups in total. The second-order valence-electron chi connectivity index (χ2n) is 6.11. The van der Waals surface area contributed by atoms with Gasteiger partial charge in [0.2, 0.25) is 11.9 Å². The average molecular weight is 400 g/mol. The minimum Gasteiger partial charge on any atom is -0.464 e. The molecule has 0 aromatic carbocycles. The van der Waals surface area contributed by atoms with Gasteiger partial charge in [0.1, 0.15) is 17.3 Å². The number of hydrogen-bond donors (Lipinski definition) is 2. The van der Waals surface area contributed by atoms with Crippen LogP contribution in [-0.2, 0) is 14.3 Å². The van der Waals surface area contributed by atoms with Crippen molar-refractivity contribution in [3.8, 4) is 6.07 Å². The standard InChI is InChI=1S/C18H20N6O3S/c1-27-17(26)14-11-28-16(22-14)12(10-19)13-5-7-21-18(23-13)20-6-3-9-24-8-2-4-15(24)25/h5,7,11,22H,2-4,6,8-9H2,1H3,(H,20,21,23). The maximum Gasteiger partial charge on any atom is 0.355 e. The molecule has 146 valence electrons. The SMILES string of the molecule is COC(=O)C1=CSC(=C(C#N)c2ccnc(NCCCN3CCCC3=O)n2)N1. The molecule has 1 fully saturated rings. The van der Waals surface area contributed by atoms with Crippen LogP contribution in [-0.4, -0.2) is 53.5 Å². The van der Waals surface area contributed by atoms with Gasteiger partial charge in [-0.15, -0.1) is 0 Å². The van der Waals surface area contributed by atoms with Crippen molar-refractivity contribution in [2.75, 3.05) is 32.1 Å². The van der Waals surface area contributed by atoms with Crippen molar-refractivity contribution in [3.05, 3.63) is 34.1 Å². The summed E-state index contributed by atoms with van der Waals surface area (Å²) in [5.41, 5.74) is 1.04.